The van der Waals surface area contributed by atoms with Crippen molar-refractivity contribution in [1.82, 2.24) is 29.4 Å². The number of nitrogens with zero attached hydrogens (tertiary/aromatic N) is 5. The Morgan fingerprint density at radius 2 is 1.76 bits per heavy atom. The lowest BCUT2D eigenvalue weighted by Gasteiger charge is -2.28. The summed E-state index contributed by atoms with van der Waals surface area (Å²) in [7, 11) is 0. The molecule has 2 aromatic heterocycles. The van der Waals surface area contributed by atoms with E-state index < -0.39 is 0 Å². The van der Waals surface area contributed by atoms with Crippen molar-refractivity contribution in [1.29, 1.82) is 0 Å². The van der Waals surface area contributed by atoms with Crippen molar-refractivity contribution in [2.45, 2.75) is 44.6 Å². The Kier molecular flexibility index (Phi) is 5.80. The lowest BCUT2D eigenvalue weighted by Crippen LogP contribution is -2.37. The van der Waals surface area contributed by atoms with Crippen molar-refractivity contribution in [2.75, 3.05) is 12.3 Å². The van der Waals surface area contributed by atoms with Gasteiger partial charge < -0.3 is 10.2 Å². The van der Waals surface area contributed by atoms with Crippen LogP contribution in [0.1, 0.15) is 25.0 Å². The van der Waals surface area contributed by atoms with Crippen LogP contribution in [-0.2, 0) is 29.1 Å². The molecule has 0 saturated heterocycles. The molecule has 170 valence electrons. The molecule has 0 atom stereocenters. The molecule has 33 heavy (non-hydrogen) atoms. The minimum absolute atomic E-state index is 0.0621. The van der Waals surface area contributed by atoms with Crippen molar-refractivity contribution < 1.29 is 9.59 Å². The van der Waals surface area contributed by atoms with Crippen LogP contribution in [0.2, 0.25) is 0 Å². The van der Waals surface area contributed by atoms with Crippen molar-refractivity contribution in [3.05, 3.63) is 59.7 Å². The number of amides is 2. The first-order valence-electron chi connectivity index (χ1n) is 11.1. The molecule has 1 aliphatic heterocycles. The summed E-state index contributed by atoms with van der Waals surface area (Å²) >= 11 is 1.38. The Balaban J connectivity index is 1.37. The maximum absolute atomic E-state index is 12.9. The summed E-state index contributed by atoms with van der Waals surface area (Å²) in [4.78, 5) is 27.3. The van der Waals surface area contributed by atoms with Crippen LogP contribution in [-0.4, -0.2) is 54.2 Å². The van der Waals surface area contributed by atoms with Crippen LogP contribution in [0.25, 0.3) is 16.8 Å². The number of nitrogens with one attached hydrogen (secondary N) is 1. The zero-order valence-corrected chi connectivity index (χ0v) is 19.5. The third-order valence-electron chi connectivity index (χ3n) is 5.83. The molecule has 0 bridgehead atoms. The van der Waals surface area contributed by atoms with Gasteiger partial charge in [-0.2, -0.15) is 0 Å². The summed E-state index contributed by atoms with van der Waals surface area (Å²) in [6, 6.07) is 16.2. The van der Waals surface area contributed by atoms with Gasteiger partial charge in [-0.3, -0.25) is 18.6 Å². The van der Waals surface area contributed by atoms with Gasteiger partial charge in [0, 0.05) is 19.1 Å². The molecule has 0 spiro atoms. The third kappa shape index (κ3) is 4.20. The second kappa shape index (κ2) is 8.90. The van der Waals surface area contributed by atoms with Gasteiger partial charge in [0.05, 0.1) is 16.8 Å². The van der Waals surface area contributed by atoms with Gasteiger partial charge in [0.1, 0.15) is 6.54 Å². The SMILES string of the molecule is CC(C)NC(=O)Cn1c2ccccc2n2c(SCC(=O)N3CCc4ccccc4C3)nnc12. The van der Waals surface area contributed by atoms with Gasteiger partial charge in [0.15, 0.2) is 5.16 Å². The Hall–Kier alpha value is -3.33. The number of hydrogen-bond acceptors (Lipinski definition) is 5. The van der Waals surface area contributed by atoms with Crippen molar-refractivity contribution in [2.24, 2.45) is 0 Å². The number of carbonyl (C=O) groups is 2. The maximum atomic E-state index is 12.9. The molecule has 8 nitrogen and oxygen atoms in total. The van der Waals surface area contributed by atoms with Crippen molar-refractivity contribution in [3.8, 4) is 0 Å². The summed E-state index contributed by atoms with van der Waals surface area (Å²) in [5, 5.41) is 12.3. The minimum Gasteiger partial charge on any atom is -0.352 e. The molecule has 2 aromatic carbocycles. The van der Waals surface area contributed by atoms with E-state index in [-0.39, 0.29) is 30.2 Å². The van der Waals surface area contributed by atoms with Crippen LogP contribution in [0, 0.1) is 0 Å². The molecule has 0 saturated carbocycles. The van der Waals surface area contributed by atoms with Gasteiger partial charge in [0.25, 0.3) is 0 Å². The molecule has 0 fully saturated rings. The van der Waals surface area contributed by atoms with E-state index in [1.165, 1.54) is 22.9 Å². The van der Waals surface area contributed by atoms with Gasteiger partial charge in [-0.15, -0.1) is 10.2 Å². The van der Waals surface area contributed by atoms with Crippen LogP contribution in [0.4, 0.5) is 0 Å². The molecule has 9 heteroatoms. The fourth-order valence-corrected chi connectivity index (χ4v) is 5.17. The lowest BCUT2D eigenvalue weighted by molar-refractivity contribution is -0.129. The molecule has 3 heterocycles. The summed E-state index contributed by atoms with van der Waals surface area (Å²) in [6.07, 6.45) is 0.883. The lowest BCUT2D eigenvalue weighted by atomic mass is 10.00. The molecule has 0 radical (unpaired) electrons. The van der Waals surface area contributed by atoms with Gasteiger partial charge in [-0.05, 0) is 43.5 Å². The number of aromatic nitrogens is 4. The Bertz CT molecular complexity index is 1340. The number of fused-ring (bicyclic) bond motifs is 4. The van der Waals surface area contributed by atoms with Crippen LogP contribution < -0.4 is 5.32 Å². The fraction of sp³-hybridized carbons (Fsp3) is 0.333. The number of benzene rings is 2. The monoisotopic (exact) mass is 462 g/mol. The van der Waals surface area contributed by atoms with Crippen LogP contribution in [0.15, 0.2) is 53.7 Å². The first-order chi connectivity index (χ1) is 16.0. The van der Waals surface area contributed by atoms with Crippen molar-refractivity contribution >= 4 is 40.4 Å². The molecular weight excluding hydrogens is 436 g/mol. The molecule has 1 aliphatic rings. The predicted octanol–water partition coefficient (Wildman–Crippen LogP) is 2.89. The second-order valence-corrected chi connectivity index (χ2v) is 9.48. The number of carbonyl (C=O) groups excluding carboxylic acids is 2. The number of imidazole rings is 1. The quantitative estimate of drug-likeness (QED) is 0.446. The highest BCUT2D eigenvalue weighted by Gasteiger charge is 2.23. The average molecular weight is 463 g/mol. The topological polar surface area (TPSA) is 84.5 Å². The Morgan fingerprint density at radius 1 is 1.03 bits per heavy atom. The summed E-state index contributed by atoms with van der Waals surface area (Å²) in [5.74, 6) is 0.894. The van der Waals surface area contributed by atoms with Gasteiger partial charge in [-0.25, -0.2) is 0 Å². The molecule has 1 N–H and O–H groups in total. The van der Waals surface area contributed by atoms with Crippen LogP contribution in [0.3, 0.4) is 0 Å². The van der Waals surface area contributed by atoms with E-state index in [0.29, 0.717) is 17.5 Å². The fourth-order valence-electron chi connectivity index (χ4n) is 4.32. The van der Waals surface area contributed by atoms with E-state index in [0.717, 1.165) is 24.0 Å². The van der Waals surface area contributed by atoms with E-state index in [1.807, 2.05) is 64.1 Å². The molecule has 2 amide bonds. The van der Waals surface area contributed by atoms with Crippen molar-refractivity contribution in [3.63, 3.8) is 0 Å². The average Bonchev–Trinajstić information content (AvgIpc) is 3.36. The standard InChI is InChI=1S/C24H26N6O2S/c1-16(2)25-21(31)14-29-19-9-5-6-10-20(19)30-23(29)26-27-24(30)33-15-22(32)28-12-11-17-7-3-4-8-18(17)13-28/h3-10,16H,11-15H2,1-2H3,(H,25,31). The molecule has 4 aromatic rings. The van der Waals surface area contributed by atoms with E-state index in [4.69, 9.17) is 0 Å². The number of hydrogen-bond donors (Lipinski definition) is 1. The zero-order chi connectivity index (χ0) is 22.9. The van der Waals surface area contributed by atoms with E-state index in [9.17, 15) is 9.59 Å². The zero-order valence-electron chi connectivity index (χ0n) is 18.7. The van der Waals surface area contributed by atoms with Gasteiger partial charge in [-0.1, -0.05) is 48.2 Å². The highest BCUT2D eigenvalue weighted by atomic mass is 32.2. The van der Waals surface area contributed by atoms with Gasteiger partial charge >= 0.3 is 0 Å². The summed E-state index contributed by atoms with van der Waals surface area (Å²) < 4.78 is 3.80. The van der Waals surface area contributed by atoms with E-state index >= 15 is 0 Å². The van der Waals surface area contributed by atoms with Crippen LogP contribution in [0.5, 0.6) is 0 Å². The smallest absolute Gasteiger partial charge is 0.240 e. The summed E-state index contributed by atoms with van der Waals surface area (Å²) in [5.41, 5.74) is 4.36. The largest absolute Gasteiger partial charge is 0.352 e. The normalized spacial score (nSPS) is 13.6. The highest BCUT2D eigenvalue weighted by molar-refractivity contribution is 7.99. The third-order valence-corrected chi connectivity index (χ3v) is 6.74. The molecule has 0 unspecified atom stereocenters. The molecular formula is C24H26N6O2S. The maximum Gasteiger partial charge on any atom is 0.240 e. The van der Waals surface area contributed by atoms with Gasteiger partial charge in [0.2, 0.25) is 17.6 Å². The first kappa shape index (κ1) is 21.5. The molecule has 0 aliphatic carbocycles. The molecule has 5 rings (SSSR count). The summed E-state index contributed by atoms with van der Waals surface area (Å²) in [6.45, 7) is 5.41. The van der Waals surface area contributed by atoms with E-state index in [2.05, 4.69) is 27.6 Å². The minimum atomic E-state index is -0.0778. The number of para-hydroxylation sites is 2. The second-order valence-electron chi connectivity index (χ2n) is 8.54. The van der Waals surface area contributed by atoms with Crippen LogP contribution >= 0.6 is 11.8 Å². The number of rotatable bonds is 6. The Morgan fingerprint density at radius 3 is 2.55 bits per heavy atom. The first-order valence-corrected chi connectivity index (χ1v) is 12.1. The Labute approximate surface area is 196 Å². The predicted molar refractivity (Wildman–Crippen MR) is 128 cm³/mol. The highest BCUT2D eigenvalue weighted by Crippen LogP contribution is 2.27. The van der Waals surface area contributed by atoms with E-state index in [1.54, 1.807) is 0 Å². The number of thioether (sulfide) groups is 1.